The second-order valence-corrected chi connectivity index (χ2v) is 5.47. The Morgan fingerprint density at radius 1 is 1.30 bits per heavy atom. The molecular formula is C15H21N3O2. The Morgan fingerprint density at radius 2 is 2.15 bits per heavy atom. The quantitative estimate of drug-likeness (QED) is 0.902. The van der Waals surface area contributed by atoms with E-state index in [1.54, 1.807) is 11.6 Å². The Morgan fingerprint density at radius 3 is 3.00 bits per heavy atom. The average molecular weight is 275 g/mol. The van der Waals surface area contributed by atoms with Crippen molar-refractivity contribution in [2.45, 2.75) is 19.4 Å². The Balaban J connectivity index is 1.92. The van der Waals surface area contributed by atoms with Crippen LogP contribution in [0.25, 0.3) is 11.1 Å². The number of fused-ring (bicyclic) bond motifs is 1. The van der Waals surface area contributed by atoms with Crippen LogP contribution in [0.3, 0.4) is 0 Å². The van der Waals surface area contributed by atoms with E-state index in [1.165, 1.54) is 12.0 Å². The van der Waals surface area contributed by atoms with E-state index in [4.69, 9.17) is 4.42 Å². The molecule has 5 heteroatoms. The van der Waals surface area contributed by atoms with Gasteiger partial charge in [0, 0.05) is 26.2 Å². The lowest BCUT2D eigenvalue weighted by atomic mass is 10.1. The van der Waals surface area contributed by atoms with Crippen LogP contribution in [-0.2, 0) is 7.05 Å². The maximum atomic E-state index is 11.5. The monoisotopic (exact) mass is 275 g/mol. The topological polar surface area (TPSA) is 50.4 Å². The minimum atomic E-state index is -0.302. The largest absolute Gasteiger partial charge is 0.419 e. The molecule has 1 unspecified atom stereocenters. The second-order valence-electron chi connectivity index (χ2n) is 5.47. The van der Waals surface area contributed by atoms with Crippen LogP contribution in [0, 0.1) is 0 Å². The maximum absolute atomic E-state index is 11.5. The van der Waals surface area contributed by atoms with E-state index in [9.17, 15) is 4.79 Å². The molecule has 0 amide bonds. The van der Waals surface area contributed by atoms with Gasteiger partial charge in [-0.25, -0.2) is 4.79 Å². The van der Waals surface area contributed by atoms with Crippen molar-refractivity contribution in [2.75, 3.05) is 26.2 Å². The van der Waals surface area contributed by atoms with Crippen LogP contribution < -0.4 is 11.1 Å². The van der Waals surface area contributed by atoms with Crippen molar-refractivity contribution in [3.63, 3.8) is 0 Å². The second kappa shape index (κ2) is 5.42. The molecule has 1 atom stereocenters. The molecule has 2 aromatic rings. The van der Waals surface area contributed by atoms with Gasteiger partial charge in [-0.05, 0) is 44.1 Å². The third kappa shape index (κ3) is 2.39. The lowest BCUT2D eigenvalue weighted by molar-refractivity contribution is 0.225. The molecule has 1 saturated heterocycles. The molecule has 1 aliphatic rings. The first-order chi connectivity index (χ1) is 9.66. The van der Waals surface area contributed by atoms with Crippen LogP contribution in [0.15, 0.2) is 27.4 Å². The Kier molecular flexibility index (Phi) is 3.63. The predicted molar refractivity (Wildman–Crippen MR) is 78.9 cm³/mol. The number of nitrogens with zero attached hydrogens (tertiary/aromatic N) is 2. The van der Waals surface area contributed by atoms with E-state index in [0.717, 1.165) is 31.7 Å². The molecule has 0 aliphatic carbocycles. The van der Waals surface area contributed by atoms with Gasteiger partial charge in [0.25, 0.3) is 0 Å². The van der Waals surface area contributed by atoms with Crippen LogP contribution in [0.1, 0.15) is 24.9 Å². The molecule has 0 spiro atoms. The Hall–Kier alpha value is -1.59. The van der Waals surface area contributed by atoms with E-state index in [-0.39, 0.29) is 5.76 Å². The summed E-state index contributed by atoms with van der Waals surface area (Å²) in [7, 11) is 1.75. The summed E-state index contributed by atoms with van der Waals surface area (Å²) < 4.78 is 6.75. The van der Waals surface area contributed by atoms with Crippen LogP contribution >= 0.6 is 0 Å². The van der Waals surface area contributed by atoms with Gasteiger partial charge in [-0.1, -0.05) is 6.07 Å². The summed E-state index contributed by atoms with van der Waals surface area (Å²) in [4.78, 5) is 14.0. The lowest BCUT2D eigenvalue weighted by Crippen LogP contribution is -2.30. The van der Waals surface area contributed by atoms with Crippen molar-refractivity contribution in [3.05, 3.63) is 34.3 Å². The molecular weight excluding hydrogens is 254 g/mol. The molecule has 0 saturated carbocycles. The van der Waals surface area contributed by atoms with Gasteiger partial charge in [0.05, 0.1) is 5.52 Å². The van der Waals surface area contributed by atoms with E-state index >= 15 is 0 Å². The highest BCUT2D eigenvalue weighted by atomic mass is 16.4. The minimum Gasteiger partial charge on any atom is -0.408 e. The number of benzene rings is 1. The predicted octanol–water partition coefficient (Wildman–Crippen LogP) is 1.49. The van der Waals surface area contributed by atoms with Gasteiger partial charge in [-0.15, -0.1) is 0 Å². The van der Waals surface area contributed by atoms with Crippen molar-refractivity contribution in [2.24, 2.45) is 7.05 Å². The molecule has 1 N–H and O–H groups in total. The number of aromatic nitrogens is 1. The van der Waals surface area contributed by atoms with E-state index in [2.05, 4.69) is 29.3 Å². The maximum Gasteiger partial charge on any atom is 0.419 e. The zero-order valence-corrected chi connectivity index (χ0v) is 12.1. The molecule has 1 fully saturated rings. The molecule has 0 bridgehead atoms. The van der Waals surface area contributed by atoms with Crippen LogP contribution in [0.4, 0.5) is 0 Å². The summed E-state index contributed by atoms with van der Waals surface area (Å²) in [5.41, 5.74) is 2.76. The molecule has 0 radical (unpaired) electrons. The number of rotatable bonds is 2. The molecule has 2 heterocycles. The van der Waals surface area contributed by atoms with E-state index < -0.39 is 0 Å². The van der Waals surface area contributed by atoms with Crippen molar-refractivity contribution < 1.29 is 4.42 Å². The first-order valence-electron chi connectivity index (χ1n) is 7.21. The first-order valence-corrected chi connectivity index (χ1v) is 7.21. The van der Waals surface area contributed by atoms with Crippen LogP contribution in [-0.4, -0.2) is 35.6 Å². The molecule has 1 aliphatic heterocycles. The van der Waals surface area contributed by atoms with Gasteiger partial charge in [0.1, 0.15) is 0 Å². The summed E-state index contributed by atoms with van der Waals surface area (Å²) in [6.45, 7) is 6.53. The molecule has 5 nitrogen and oxygen atoms in total. The van der Waals surface area contributed by atoms with Gasteiger partial charge in [0.2, 0.25) is 0 Å². The highest BCUT2D eigenvalue weighted by Crippen LogP contribution is 2.24. The normalized spacial score (nSPS) is 19.1. The van der Waals surface area contributed by atoms with Crippen molar-refractivity contribution >= 4 is 11.1 Å². The lowest BCUT2D eigenvalue weighted by Gasteiger charge is -2.27. The summed E-state index contributed by atoms with van der Waals surface area (Å²) in [6.07, 6.45) is 1.18. The number of nitrogens with one attached hydrogen (secondary N) is 1. The molecule has 1 aromatic heterocycles. The molecule has 3 rings (SSSR count). The van der Waals surface area contributed by atoms with Crippen LogP contribution in [0.5, 0.6) is 0 Å². The van der Waals surface area contributed by atoms with Gasteiger partial charge in [0.15, 0.2) is 5.58 Å². The number of hydrogen-bond acceptors (Lipinski definition) is 4. The first kappa shape index (κ1) is 13.4. The van der Waals surface area contributed by atoms with Gasteiger partial charge in [-0.2, -0.15) is 0 Å². The Labute approximate surface area is 118 Å². The summed E-state index contributed by atoms with van der Waals surface area (Å²) >= 11 is 0. The fraction of sp³-hybridized carbons (Fsp3) is 0.533. The standard InChI is InChI=1S/C15H21N3O2/c1-11(18-8-3-6-16-7-9-18)12-4-5-14-13(10-12)17(2)15(19)20-14/h4-5,10-11,16H,3,6-9H2,1-2H3. The van der Waals surface area contributed by atoms with Gasteiger partial charge >= 0.3 is 5.76 Å². The highest BCUT2D eigenvalue weighted by Gasteiger charge is 2.18. The van der Waals surface area contributed by atoms with Crippen molar-refractivity contribution in [1.29, 1.82) is 0 Å². The van der Waals surface area contributed by atoms with Crippen LogP contribution in [0.2, 0.25) is 0 Å². The van der Waals surface area contributed by atoms with E-state index in [0.29, 0.717) is 11.6 Å². The smallest absolute Gasteiger partial charge is 0.408 e. The zero-order valence-electron chi connectivity index (χ0n) is 12.1. The van der Waals surface area contributed by atoms with Crippen molar-refractivity contribution in [3.8, 4) is 0 Å². The fourth-order valence-electron chi connectivity index (χ4n) is 2.87. The molecule has 20 heavy (non-hydrogen) atoms. The summed E-state index contributed by atoms with van der Waals surface area (Å²) in [6, 6.07) is 6.39. The third-order valence-electron chi connectivity index (χ3n) is 4.22. The summed E-state index contributed by atoms with van der Waals surface area (Å²) in [5.74, 6) is -0.302. The summed E-state index contributed by atoms with van der Waals surface area (Å²) in [5, 5.41) is 3.42. The number of hydrogen-bond donors (Lipinski definition) is 1. The fourth-order valence-corrected chi connectivity index (χ4v) is 2.87. The average Bonchev–Trinajstić information content (AvgIpc) is 2.66. The van der Waals surface area contributed by atoms with E-state index in [1.807, 2.05) is 6.07 Å². The van der Waals surface area contributed by atoms with Gasteiger partial charge in [-0.3, -0.25) is 9.47 Å². The molecule has 1 aromatic carbocycles. The number of aryl methyl sites for hydroxylation is 1. The zero-order chi connectivity index (χ0) is 14.1. The highest BCUT2D eigenvalue weighted by molar-refractivity contribution is 5.73. The Bertz CT molecular complexity index is 651. The number of oxazole rings is 1. The SMILES string of the molecule is CC(c1ccc2oc(=O)n(C)c2c1)N1CCCNCC1. The van der Waals surface area contributed by atoms with Crippen molar-refractivity contribution in [1.82, 2.24) is 14.8 Å². The molecule has 108 valence electrons. The van der Waals surface area contributed by atoms with Gasteiger partial charge < -0.3 is 9.73 Å². The minimum absolute atomic E-state index is 0.302. The third-order valence-corrected chi connectivity index (χ3v) is 4.22.